The van der Waals surface area contributed by atoms with E-state index in [0.717, 1.165) is 16.7 Å². The SMILES string of the molecule is Cc1nc2ccc(CNC(=O)S)cc2o1. The maximum Gasteiger partial charge on any atom is 0.276 e. The van der Waals surface area contributed by atoms with Crippen LogP contribution in [0.1, 0.15) is 11.5 Å². The first-order valence-electron chi connectivity index (χ1n) is 4.48. The quantitative estimate of drug-likeness (QED) is 0.766. The number of hydrogen-bond donors (Lipinski definition) is 2. The topological polar surface area (TPSA) is 55.1 Å². The van der Waals surface area contributed by atoms with Gasteiger partial charge in [0.25, 0.3) is 5.24 Å². The molecule has 1 amide bonds. The summed E-state index contributed by atoms with van der Waals surface area (Å²) in [5.41, 5.74) is 2.52. The van der Waals surface area contributed by atoms with Gasteiger partial charge in [-0.1, -0.05) is 18.7 Å². The highest BCUT2D eigenvalue weighted by molar-refractivity contribution is 7.96. The lowest BCUT2D eigenvalue weighted by Crippen LogP contribution is -2.15. The Morgan fingerprint density at radius 3 is 3.13 bits per heavy atom. The van der Waals surface area contributed by atoms with E-state index in [2.05, 4.69) is 22.9 Å². The minimum absolute atomic E-state index is 0.344. The van der Waals surface area contributed by atoms with Crippen LogP contribution in [-0.2, 0) is 6.54 Å². The standard InChI is InChI=1S/C10H10N2O2S/c1-6-12-8-3-2-7(4-9(8)14-6)5-11-10(13)15/h2-4H,5H2,1H3,(H2,11,13,15). The molecule has 2 aromatic rings. The van der Waals surface area contributed by atoms with E-state index >= 15 is 0 Å². The maximum absolute atomic E-state index is 10.6. The van der Waals surface area contributed by atoms with Gasteiger partial charge in [0.1, 0.15) is 5.52 Å². The fraction of sp³-hybridized carbons (Fsp3) is 0.200. The summed E-state index contributed by atoms with van der Waals surface area (Å²) in [5.74, 6) is 0.639. The number of rotatable bonds is 2. The summed E-state index contributed by atoms with van der Waals surface area (Å²) >= 11 is 3.62. The number of benzene rings is 1. The van der Waals surface area contributed by atoms with Crippen molar-refractivity contribution in [3.63, 3.8) is 0 Å². The van der Waals surface area contributed by atoms with Gasteiger partial charge in [0.2, 0.25) is 0 Å². The molecule has 0 aliphatic carbocycles. The highest BCUT2D eigenvalue weighted by Crippen LogP contribution is 2.16. The summed E-state index contributed by atoms with van der Waals surface area (Å²) in [6.07, 6.45) is 0. The van der Waals surface area contributed by atoms with Crippen LogP contribution in [0.5, 0.6) is 0 Å². The largest absolute Gasteiger partial charge is 0.441 e. The predicted octanol–water partition coefficient (Wildman–Crippen LogP) is 2.28. The monoisotopic (exact) mass is 222 g/mol. The molecule has 4 nitrogen and oxygen atoms in total. The van der Waals surface area contributed by atoms with Crippen LogP contribution in [0.3, 0.4) is 0 Å². The molecule has 0 aliphatic rings. The summed E-state index contributed by atoms with van der Waals surface area (Å²) in [5, 5.41) is 2.25. The van der Waals surface area contributed by atoms with Gasteiger partial charge in [-0.2, -0.15) is 0 Å². The number of thiol groups is 1. The van der Waals surface area contributed by atoms with E-state index in [1.807, 2.05) is 18.2 Å². The molecule has 0 saturated carbocycles. The Labute approximate surface area is 92.1 Å². The lowest BCUT2D eigenvalue weighted by Gasteiger charge is -2.00. The molecule has 1 aromatic carbocycles. The summed E-state index contributed by atoms with van der Waals surface area (Å²) < 4.78 is 5.37. The van der Waals surface area contributed by atoms with Gasteiger partial charge in [0.15, 0.2) is 11.5 Å². The zero-order valence-corrected chi connectivity index (χ0v) is 9.04. The Morgan fingerprint density at radius 2 is 2.40 bits per heavy atom. The molecular formula is C10H10N2O2S. The van der Waals surface area contributed by atoms with Gasteiger partial charge in [-0.25, -0.2) is 4.98 Å². The fourth-order valence-electron chi connectivity index (χ4n) is 1.37. The van der Waals surface area contributed by atoms with Crippen LogP contribution in [0.2, 0.25) is 0 Å². The number of hydrogen-bond acceptors (Lipinski definition) is 3. The van der Waals surface area contributed by atoms with E-state index in [1.165, 1.54) is 0 Å². The fourth-order valence-corrected chi connectivity index (χ4v) is 1.45. The van der Waals surface area contributed by atoms with E-state index in [4.69, 9.17) is 4.42 Å². The molecule has 78 valence electrons. The highest BCUT2D eigenvalue weighted by Gasteiger charge is 2.03. The van der Waals surface area contributed by atoms with Crippen LogP contribution in [-0.4, -0.2) is 10.2 Å². The second kappa shape index (κ2) is 3.94. The average molecular weight is 222 g/mol. The Balaban J connectivity index is 2.26. The molecule has 0 unspecified atom stereocenters. The third kappa shape index (κ3) is 2.30. The first kappa shape index (κ1) is 10.0. The molecule has 1 heterocycles. The lowest BCUT2D eigenvalue weighted by atomic mass is 10.2. The second-order valence-electron chi connectivity index (χ2n) is 3.19. The normalized spacial score (nSPS) is 10.5. The molecule has 15 heavy (non-hydrogen) atoms. The number of amides is 1. The second-order valence-corrected chi connectivity index (χ2v) is 3.60. The van der Waals surface area contributed by atoms with E-state index in [1.54, 1.807) is 6.92 Å². The number of carbonyl (C=O) groups excluding carboxylic acids is 1. The molecule has 5 heteroatoms. The molecule has 1 N–H and O–H groups in total. The van der Waals surface area contributed by atoms with E-state index in [-0.39, 0.29) is 5.24 Å². The molecule has 0 aliphatic heterocycles. The minimum Gasteiger partial charge on any atom is -0.441 e. The number of oxazole rings is 1. The minimum atomic E-state index is -0.344. The number of nitrogens with one attached hydrogen (secondary N) is 1. The zero-order valence-electron chi connectivity index (χ0n) is 8.15. The van der Waals surface area contributed by atoms with Crippen LogP contribution >= 0.6 is 12.6 Å². The zero-order chi connectivity index (χ0) is 10.8. The Bertz CT molecular complexity index is 507. The smallest absolute Gasteiger partial charge is 0.276 e. The van der Waals surface area contributed by atoms with Crippen molar-refractivity contribution in [1.82, 2.24) is 10.3 Å². The number of aryl methyl sites for hydroxylation is 1. The van der Waals surface area contributed by atoms with Crippen molar-refractivity contribution in [1.29, 1.82) is 0 Å². The Kier molecular flexibility index (Phi) is 2.64. The van der Waals surface area contributed by atoms with Gasteiger partial charge < -0.3 is 9.73 Å². The molecule has 0 atom stereocenters. The van der Waals surface area contributed by atoms with E-state index < -0.39 is 0 Å². The van der Waals surface area contributed by atoms with Crippen molar-refractivity contribution in [2.24, 2.45) is 0 Å². The summed E-state index contributed by atoms with van der Waals surface area (Å²) in [6.45, 7) is 2.24. The summed E-state index contributed by atoms with van der Waals surface area (Å²) in [6, 6.07) is 5.62. The van der Waals surface area contributed by atoms with Crippen molar-refractivity contribution in [2.45, 2.75) is 13.5 Å². The number of fused-ring (bicyclic) bond motifs is 1. The average Bonchev–Trinajstić information content (AvgIpc) is 2.53. The molecule has 2 rings (SSSR count). The Morgan fingerprint density at radius 1 is 1.60 bits per heavy atom. The molecule has 1 aromatic heterocycles. The number of carbonyl (C=O) groups is 1. The van der Waals surface area contributed by atoms with Crippen molar-refractivity contribution in [2.75, 3.05) is 0 Å². The number of nitrogens with zero attached hydrogens (tertiary/aromatic N) is 1. The molecule has 0 radical (unpaired) electrons. The predicted molar refractivity (Wildman–Crippen MR) is 60.0 cm³/mol. The van der Waals surface area contributed by atoms with Gasteiger partial charge in [-0.05, 0) is 17.7 Å². The first-order chi connectivity index (χ1) is 7.15. The lowest BCUT2D eigenvalue weighted by molar-refractivity contribution is 0.260. The molecule has 0 spiro atoms. The van der Waals surface area contributed by atoms with Crippen molar-refractivity contribution >= 4 is 29.0 Å². The van der Waals surface area contributed by atoms with Crippen LogP contribution < -0.4 is 5.32 Å². The third-order valence-corrected chi connectivity index (χ3v) is 2.16. The molecule has 0 bridgehead atoms. The molecule has 0 saturated heterocycles. The number of aromatic nitrogens is 1. The van der Waals surface area contributed by atoms with Crippen LogP contribution in [0.4, 0.5) is 4.79 Å². The van der Waals surface area contributed by atoms with Crippen molar-refractivity contribution in [3.8, 4) is 0 Å². The van der Waals surface area contributed by atoms with Gasteiger partial charge in [0.05, 0.1) is 0 Å². The van der Waals surface area contributed by atoms with Crippen LogP contribution in [0.15, 0.2) is 22.6 Å². The molecular weight excluding hydrogens is 212 g/mol. The van der Waals surface area contributed by atoms with Gasteiger partial charge in [-0.15, -0.1) is 0 Å². The maximum atomic E-state index is 10.6. The molecule has 0 fully saturated rings. The van der Waals surface area contributed by atoms with Crippen LogP contribution in [0, 0.1) is 6.92 Å². The summed E-state index contributed by atoms with van der Waals surface area (Å²) in [7, 11) is 0. The van der Waals surface area contributed by atoms with Crippen molar-refractivity contribution < 1.29 is 9.21 Å². The third-order valence-electron chi connectivity index (χ3n) is 2.00. The van der Waals surface area contributed by atoms with Crippen molar-refractivity contribution in [3.05, 3.63) is 29.7 Å². The highest BCUT2D eigenvalue weighted by atomic mass is 32.1. The van der Waals surface area contributed by atoms with Gasteiger partial charge in [-0.3, -0.25) is 4.79 Å². The van der Waals surface area contributed by atoms with E-state index in [9.17, 15) is 4.79 Å². The van der Waals surface area contributed by atoms with Gasteiger partial charge in [0, 0.05) is 13.5 Å². The Hall–Kier alpha value is -1.49. The first-order valence-corrected chi connectivity index (χ1v) is 4.93. The van der Waals surface area contributed by atoms with Crippen LogP contribution in [0.25, 0.3) is 11.1 Å². The van der Waals surface area contributed by atoms with E-state index in [0.29, 0.717) is 12.4 Å². The van der Waals surface area contributed by atoms with Gasteiger partial charge >= 0.3 is 0 Å². The summed E-state index contributed by atoms with van der Waals surface area (Å²) in [4.78, 5) is 14.8.